The Kier molecular flexibility index (Phi) is 7.89. The van der Waals surface area contributed by atoms with Crippen LogP contribution < -0.4 is 10.6 Å². The van der Waals surface area contributed by atoms with Gasteiger partial charge in [0.1, 0.15) is 0 Å². The number of hydrogen-bond donors (Lipinski definition) is 2. The molecule has 6 heteroatoms. The van der Waals surface area contributed by atoms with E-state index in [1.54, 1.807) is 49.1 Å². The van der Waals surface area contributed by atoms with Crippen molar-refractivity contribution in [3.63, 3.8) is 0 Å². The summed E-state index contributed by atoms with van der Waals surface area (Å²) in [7, 11) is 0. The van der Waals surface area contributed by atoms with Crippen LogP contribution in [0.5, 0.6) is 0 Å². The van der Waals surface area contributed by atoms with Gasteiger partial charge in [0, 0.05) is 25.2 Å². The number of rotatable bonds is 4. The van der Waals surface area contributed by atoms with E-state index in [-0.39, 0.29) is 11.8 Å². The van der Waals surface area contributed by atoms with Crippen molar-refractivity contribution in [3.05, 3.63) is 49.1 Å². The standard InChI is InChI=1S/2C8H10N2O/c2*1-2-8(11)10-7-4-3-5-9-6-7/h2*3-6H,2H2,1H3,(H,10,11). The number of pyridine rings is 2. The zero-order chi connectivity index (χ0) is 16.2. The molecule has 0 bridgehead atoms. The number of aromatic nitrogens is 2. The maximum atomic E-state index is 10.8. The smallest absolute Gasteiger partial charge is 0.224 e. The molecule has 2 aromatic heterocycles. The van der Waals surface area contributed by atoms with Crippen LogP contribution in [0.25, 0.3) is 0 Å². The second-order valence-electron chi connectivity index (χ2n) is 4.29. The molecule has 0 saturated heterocycles. The fourth-order valence-corrected chi connectivity index (χ4v) is 1.37. The van der Waals surface area contributed by atoms with Crippen LogP contribution in [0.3, 0.4) is 0 Å². The summed E-state index contributed by atoms with van der Waals surface area (Å²) in [6.45, 7) is 3.62. The quantitative estimate of drug-likeness (QED) is 0.909. The molecule has 0 saturated carbocycles. The van der Waals surface area contributed by atoms with Crippen molar-refractivity contribution in [3.8, 4) is 0 Å². The largest absolute Gasteiger partial charge is 0.325 e. The highest BCUT2D eigenvalue weighted by molar-refractivity contribution is 5.90. The summed E-state index contributed by atoms with van der Waals surface area (Å²) >= 11 is 0. The Balaban J connectivity index is 0.000000220. The Morgan fingerprint density at radius 2 is 1.27 bits per heavy atom. The van der Waals surface area contributed by atoms with Crippen molar-refractivity contribution in [2.24, 2.45) is 0 Å². The fraction of sp³-hybridized carbons (Fsp3) is 0.250. The number of carbonyl (C=O) groups excluding carboxylic acids is 2. The summed E-state index contributed by atoms with van der Waals surface area (Å²) in [4.78, 5) is 29.4. The number of amides is 2. The predicted molar refractivity (Wildman–Crippen MR) is 86.3 cm³/mol. The first-order valence-corrected chi connectivity index (χ1v) is 7.05. The van der Waals surface area contributed by atoms with Crippen LogP contribution in [0.4, 0.5) is 11.4 Å². The Morgan fingerprint density at radius 1 is 0.864 bits per heavy atom. The third-order valence-electron chi connectivity index (χ3n) is 2.53. The first kappa shape index (κ1) is 17.3. The molecule has 2 N–H and O–H groups in total. The second-order valence-corrected chi connectivity index (χ2v) is 4.29. The zero-order valence-electron chi connectivity index (χ0n) is 12.7. The van der Waals surface area contributed by atoms with Crippen LogP contribution in [-0.2, 0) is 9.59 Å². The maximum absolute atomic E-state index is 10.8. The van der Waals surface area contributed by atoms with Crippen molar-refractivity contribution in [1.29, 1.82) is 0 Å². The number of nitrogens with zero attached hydrogens (tertiary/aromatic N) is 2. The van der Waals surface area contributed by atoms with Gasteiger partial charge in [-0.2, -0.15) is 0 Å². The molecule has 0 atom stereocenters. The van der Waals surface area contributed by atoms with E-state index in [4.69, 9.17) is 0 Å². The first-order valence-electron chi connectivity index (χ1n) is 7.05. The Bertz CT molecular complexity index is 520. The molecule has 116 valence electrons. The van der Waals surface area contributed by atoms with Crippen molar-refractivity contribution in [1.82, 2.24) is 9.97 Å². The van der Waals surface area contributed by atoms with Crippen molar-refractivity contribution < 1.29 is 9.59 Å². The van der Waals surface area contributed by atoms with Crippen LogP contribution in [-0.4, -0.2) is 21.8 Å². The lowest BCUT2D eigenvalue weighted by Gasteiger charge is -2.00. The average Bonchev–Trinajstić information content (AvgIpc) is 2.57. The SMILES string of the molecule is CCC(=O)Nc1cccnc1.CCC(=O)Nc1cccnc1. The molecular formula is C16H20N4O2. The van der Waals surface area contributed by atoms with E-state index in [2.05, 4.69) is 20.6 Å². The molecule has 0 fully saturated rings. The van der Waals surface area contributed by atoms with E-state index < -0.39 is 0 Å². The number of carbonyl (C=O) groups is 2. The minimum atomic E-state index is 0.0120. The second kappa shape index (κ2) is 10.0. The first-order chi connectivity index (χ1) is 10.7. The highest BCUT2D eigenvalue weighted by Crippen LogP contribution is 2.03. The summed E-state index contributed by atoms with van der Waals surface area (Å²) in [6.07, 6.45) is 7.56. The normalized spacial score (nSPS) is 9.18. The van der Waals surface area contributed by atoms with Crippen LogP contribution in [0.2, 0.25) is 0 Å². The maximum Gasteiger partial charge on any atom is 0.224 e. The third-order valence-corrected chi connectivity index (χ3v) is 2.53. The van der Waals surface area contributed by atoms with Crippen LogP contribution in [0.15, 0.2) is 49.1 Å². The molecule has 22 heavy (non-hydrogen) atoms. The Labute approximate surface area is 130 Å². The fourth-order valence-electron chi connectivity index (χ4n) is 1.37. The molecule has 2 heterocycles. The van der Waals surface area contributed by atoms with Crippen LogP contribution >= 0.6 is 0 Å². The van der Waals surface area contributed by atoms with Gasteiger partial charge in [-0.3, -0.25) is 19.6 Å². The van der Waals surface area contributed by atoms with E-state index >= 15 is 0 Å². The van der Waals surface area contributed by atoms with Gasteiger partial charge in [-0.15, -0.1) is 0 Å². The number of nitrogens with one attached hydrogen (secondary N) is 2. The lowest BCUT2D eigenvalue weighted by molar-refractivity contribution is -0.116. The van der Waals surface area contributed by atoms with Gasteiger partial charge in [0.2, 0.25) is 11.8 Å². The zero-order valence-corrected chi connectivity index (χ0v) is 12.7. The minimum Gasteiger partial charge on any atom is -0.325 e. The highest BCUT2D eigenvalue weighted by Gasteiger charge is 1.96. The van der Waals surface area contributed by atoms with Gasteiger partial charge in [0.25, 0.3) is 0 Å². The van der Waals surface area contributed by atoms with Crippen LogP contribution in [0, 0.1) is 0 Å². The van der Waals surface area contributed by atoms with Crippen LogP contribution in [0.1, 0.15) is 26.7 Å². The van der Waals surface area contributed by atoms with Gasteiger partial charge in [0.05, 0.1) is 23.8 Å². The lowest BCUT2D eigenvalue weighted by Crippen LogP contribution is -2.09. The van der Waals surface area contributed by atoms with Crippen molar-refractivity contribution in [2.75, 3.05) is 10.6 Å². The average molecular weight is 300 g/mol. The van der Waals surface area contributed by atoms with E-state index in [0.29, 0.717) is 12.8 Å². The molecule has 0 aliphatic heterocycles. The highest BCUT2D eigenvalue weighted by atomic mass is 16.2. The molecule has 2 rings (SSSR count). The molecule has 2 amide bonds. The Hall–Kier alpha value is -2.76. The van der Waals surface area contributed by atoms with E-state index in [9.17, 15) is 9.59 Å². The topological polar surface area (TPSA) is 84.0 Å². The predicted octanol–water partition coefficient (Wildman–Crippen LogP) is 2.86. The molecular weight excluding hydrogens is 280 g/mol. The summed E-state index contributed by atoms with van der Waals surface area (Å²) < 4.78 is 0. The molecule has 0 aliphatic carbocycles. The van der Waals surface area contributed by atoms with E-state index in [1.807, 2.05) is 13.8 Å². The lowest BCUT2D eigenvalue weighted by atomic mass is 10.4. The molecule has 0 spiro atoms. The third kappa shape index (κ3) is 7.14. The van der Waals surface area contributed by atoms with Gasteiger partial charge in [0.15, 0.2) is 0 Å². The minimum absolute atomic E-state index is 0.0120. The molecule has 2 aromatic rings. The van der Waals surface area contributed by atoms with Gasteiger partial charge in [-0.05, 0) is 24.3 Å². The van der Waals surface area contributed by atoms with Crippen molar-refractivity contribution in [2.45, 2.75) is 26.7 Å². The molecule has 6 nitrogen and oxygen atoms in total. The summed E-state index contributed by atoms with van der Waals surface area (Å²) in [5, 5.41) is 5.38. The Morgan fingerprint density at radius 3 is 1.55 bits per heavy atom. The number of anilines is 2. The molecule has 0 aromatic carbocycles. The monoisotopic (exact) mass is 300 g/mol. The van der Waals surface area contributed by atoms with E-state index in [0.717, 1.165) is 11.4 Å². The molecule has 0 radical (unpaired) electrons. The summed E-state index contributed by atoms with van der Waals surface area (Å²) in [5.74, 6) is 0.0241. The van der Waals surface area contributed by atoms with E-state index in [1.165, 1.54) is 0 Å². The summed E-state index contributed by atoms with van der Waals surface area (Å²) in [5.41, 5.74) is 1.50. The van der Waals surface area contributed by atoms with Crippen molar-refractivity contribution >= 4 is 23.2 Å². The van der Waals surface area contributed by atoms with Gasteiger partial charge in [-0.25, -0.2) is 0 Å². The van der Waals surface area contributed by atoms with Gasteiger partial charge >= 0.3 is 0 Å². The van der Waals surface area contributed by atoms with Gasteiger partial charge < -0.3 is 10.6 Å². The molecule has 0 aliphatic rings. The number of hydrogen-bond acceptors (Lipinski definition) is 4. The molecule has 0 unspecified atom stereocenters. The van der Waals surface area contributed by atoms with Gasteiger partial charge in [-0.1, -0.05) is 13.8 Å². The summed E-state index contributed by atoms with van der Waals surface area (Å²) in [6, 6.07) is 7.18.